The van der Waals surface area contributed by atoms with Crippen LogP contribution in [0, 0.1) is 11.8 Å². The van der Waals surface area contributed by atoms with E-state index >= 15 is 0 Å². The first-order valence-electron chi connectivity index (χ1n) is 12.2. The van der Waals surface area contributed by atoms with Gasteiger partial charge in [-0.05, 0) is 51.0 Å². The van der Waals surface area contributed by atoms with E-state index in [1.807, 2.05) is 27.7 Å². The van der Waals surface area contributed by atoms with Crippen LogP contribution in [0.1, 0.15) is 80.6 Å². The summed E-state index contributed by atoms with van der Waals surface area (Å²) in [6.07, 6.45) is 6.55. The maximum atomic E-state index is 13.4. The van der Waals surface area contributed by atoms with Gasteiger partial charge >= 0.3 is 5.97 Å². The fourth-order valence-corrected chi connectivity index (χ4v) is 4.64. The zero-order valence-corrected chi connectivity index (χ0v) is 21.4. The van der Waals surface area contributed by atoms with Crippen molar-refractivity contribution in [3.8, 4) is 0 Å². The summed E-state index contributed by atoms with van der Waals surface area (Å²) < 4.78 is 0. The fourth-order valence-electron chi connectivity index (χ4n) is 4.64. The molecule has 32 heavy (non-hydrogen) atoms. The lowest BCUT2D eigenvalue weighted by Crippen LogP contribution is -2.59. The zero-order valence-electron chi connectivity index (χ0n) is 21.4. The summed E-state index contributed by atoms with van der Waals surface area (Å²) in [6, 6.07) is -0.857. The van der Waals surface area contributed by atoms with Crippen molar-refractivity contribution < 1.29 is 19.5 Å². The lowest BCUT2D eigenvalue weighted by molar-refractivity contribution is -0.140. The SMILES string of the molecule is CCC(CC)N1CCCC[C@@H]1C(=O)NC(C(=O)N(C)[C@H](/C=C(\C)C(=O)O)C(C)C)C(C)C. The van der Waals surface area contributed by atoms with E-state index < -0.39 is 12.0 Å². The Morgan fingerprint density at radius 2 is 1.69 bits per heavy atom. The minimum Gasteiger partial charge on any atom is -0.478 e. The van der Waals surface area contributed by atoms with E-state index in [-0.39, 0.29) is 41.3 Å². The van der Waals surface area contributed by atoms with Gasteiger partial charge in [-0.15, -0.1) is 0 Å². The largest absolute Gasteiger partial charge is 0.478 e. The Bertz CT molecular complexity index is 670. The molecular weight excluding hydrogens is 406 g/mol. The van der Waals surface area contributed by atoms with Crippen LogP contribution in [0.2, 0.25) is 0 Å². The van der Waals surface area contributed by atoms with Gasteiger partial charge in [-0.1, -0.05) is 54.0 Å². The van der Waals surface area contributed by atoms with Crippen molar-refractivity contribution in [2.45, 2.75) is 105 Å². The van der Waals surface area contributed by atoms with Crippen LogP contribution < -0.4 is 5.32 Å². The standard InChI is InChI=1S/C25H45N3O4/c1-9-19(10-2)28-14-12-11-13-20(28)23(29)26-22(17(5)6)24(30)27(8)21(16(3)4)15-18(7)25(31)32/h15-17,19-22H,9-14H2,1-8H3,(H,26,29)(H,31,32)/b18-15+/t20-,21-,22?/m1/s1. The molecule has 0 aromatic rings. The van der Waals surface area contributed by atoms with Gasteiger partial charge < -0.3 is 15.3 Å². The van der Waals surface area contributed by atoms with Crippen molar-refractivity contribution in [3.63, 3.8) is 0 Å². The van der Waals surface area contributed by atoms with Crippen LogP contribution in [0.15, 0.2) is 11.6 Å². The highest BCUT2D eigenvalue weighted by Crippen LogP contribution is 2.24. The van der Waals surface area contributed by atoms with E-state index in [0.717, 1.165) is 38.6 Å². The number of piperidine rings is 1. The second-order valence-electron chi connectivity index (χ2n) is 9.79. The van der Waals surface area contributed by atoms with Crippen molar-refractivity contribution in [1.29, 1.82) is 0 Å². The number of likely N-dealkylation sites (N-methyl/N-ethyl adjacent to an activating group) is 1. The van der Waals surface area contributed by atoms with Gasteiger partial charge in [0.15, 0.2) is 0 Å². The Balaban J connectivity index is 3.08. The minimum atomic E-state index is -0.996. The summed E-state index contributed by atoms with van der Waals surface area (Å²) in [5.41, 5.74) is 0.205. The third-order valence-corrected chi connectivity index (χ3v) is 6.72. The zero-order chi connectivity index (χ0) is 24.6. The van der Waals surface area contributed by atoms with Crippen LogP contribution in [0.25, 0.3) is 0 Å². The molecule has 0 aromatic carbocycles. The predicted octanol–water partition coefficient (Wildman–Crippen LogP) is 3.68. The highest BCUT2D eigenvalue weighted by atomic mass is 16.4. The van der Waals surface area contributed by atoms with Gasteiger partial charge in [0.25, 0.3) is 0 Å². The smallest absolute Gasteiger partial charge is 0.331 e. The number of nitrogens with zero attached hydrogens (tertiary/aromatic N) is 2. The van der Waals surface area contributed by atoms with Crippen LogP contribution in [0.5, 0.6) is 0 Å². The molecule has 0 spiro atoms. The summed E-state index contributed by atoms with van der Waals surface area (Å²) in [4.78, 5) is 42.0. The fraction of sp³-hybridized carbons (Fsp3) is 0.800. The van der Waals surface area contributed by atoms with Gasteiger partial charge in [-0.3, -0.25) is 14.5 Å². The van der Waals surface area contributed by atoms with Crippen LogP contribution in [0.3, 0.4) is 0 Å². The molecule has 1 aliphatic heterocycles. The van der Waals surface area contributed by atoms with Crippen molar-refractivity contribution in [2.75, 3.05) is 13.6 Å². The molecule has 0 aliphatic carbocycles. The van der Waals surface area contributed by atoms with E-state index in [2.05, 4.69) is 24.1 Å². The molecule has 7 nitrogen and oxygen atoms in total. The normalized spacial score (nSPS) is 19.8. The number of hydrogen-bond donors (Lipinski definition) is 2. The average Bonchev–Trinajstić information content (AvgIpc) is 2.75. The molecule has 1 unspecified atom stereocenters. The Kier molecular flexibility index (Phi) is 11.4. The van der Waals surface area contributed by atoms with Crippen LogP contribution in [-0.2, 0) is 14.4 Å². The minimum absolute atomic E-state index is 0.0328. The van der Waals surface area contributed by atoms with E-state index in [1.54, 1.807) is 18.0 Å². The molecule has 0 saturated carbocycles. The van der Waals surface area contributed by atoms with Crippen molar-refractivity contribution in [3.05, 3.63) is 11.6 Å². The molecule has 1 saturated heterocycles. The third kappa shape index (κ3) is 7.32. The van der Waals surface area contributed by atoms with Crippen LogP contribution in [0.4, 0.5) is 0 Å². The number of nitrogens with one attached hydrogen (secondary N) is 1. The van der Waals surface area contributed by atoms with Gasteiger partial charge in [0.05, 0.1) is 12.1 Å². The Hall–Kier alpha value is -1.89. The highest BCUT2D eigenvalue weighted by molar-refractivity contribution is 5.90. The number of carbonyl (C=O) groups is 3. The lowest BCUT2D eigenvalue weighted by Gasteiger charge is -2.41. The van der Waals surface area contributed by atoms with E-state index in [4.69, 9.17) is 0 Å². The van der Waals surface area contributed by atoms with Gasteiger partial charge in [-0.2, -0.15) is 0 Å². The molecule has 1 fully saturated rings. The molecule has 2 amide bonds. The number of carboxylic acids is 1. The third-order valence-electron chi connectivity index (χ3n) is 6.72. The van der Waals surface area contributed by atoms with Crippen LogP contribution >= 0.6 is 0 Å². The molecule has 2 N–H and O–H groups in total. The lowest BCUT2D eigenvalue weighted by atomic mass is 9.94. The topological polar surface area (TPSA) is 90.0 Å². The summed E-state index contributed by atoms with van der Waals surface area (Å²) in [6.45, 7) is 14.5. The molecule has 184 valence electrons. The van der Waals surface area contributed by atoms with Crippen molar-refractivity contribution in [1.82, 2.24) is 15.1 Å². The predicted molar refractivity (Wildman–Crippen MR) is 128 cm³/mol. The first-order valence-corrected chi connectivity index (χ1v) is 12.2. The highest BCUT2D eigenvalue weighted by Gasteiger charge is 2.36. The number of carboxylic acid groups (broad SMARTS) is 1. The van der Waals surface area contributed by atoms with Crippen molar-refractivity contribution >= 4 is 17.8 Å². The second kappa shape index (κ2) is 13.0. The second-order valence-corrected chi connectivity index (χ2v) is 9.79. The maximum Gasteiger partial charge on any atom is 0.331 e. The molecule has 1 rings (SSSR count). The number of hydrogen-bond acceptors (Lipinski definition) is 4. The average molecular weight is 452 g/mol. The quantitative estimate of drug-likeness (QED) is 0.468. The Morgan fingerprint density at radius 1 is 1.09 bits per heavy atom. The monoisotopic (exact) mass is 451 g/mol. The molecule has 7 heteroatoms. The number of aliphatic carboxylic acids is 1. The molecule has 0 bridgehead atoms. The molecular formula is C25H45N3O4. The maximum absolute atomic E-state index is 13.4. The number of amides is 2. The van der Waals surface area contributed by atoms with Gasteiger partial charge in [-0.25, -0.2) is 4.79 Å². The number of carbonyl (C=O) groups excluding carboxylic acids is 2. The molecule has 1 aliphatic rings. The van der Waals surface area contributed by atoms with Crippen molar-refractivity contribution in [2.24, 2.45) is 11.8 Å². The molecule has 0 radical (unpaired) electrons. The summed E-state index contributed by atoms with van der Waals surface area (Å²) in [5.74, 6) is -1.31. The Labute approximate surface area is 194 Å². The van der Waals surface area contributed by atoms with E-state index in [0.29, 0.717) is 6.04 Å². The van der Waals surface area contributed by atoms with E-state index in [1.165, 1.54) is 6.92 Å². The van der Waals surface area contributed by atoms with Gasteiger partial charge in [0, 0.05) is 18.7 Å². The summed E-state index contributed by atoms with van der Waals surface area (Å²) in [5, 5.41) is 12.3. The summed E-state index contributed by atoms with van der Waals surface area (Å²) in [7, 11) is 1.69. The molecule has 0 aromatic heterocycles. The summed E-state index contributed by atoms with van der Waals surface area (Å²) >= 11 is 0. The van der Waals surface area contributed by atoms with E-state index in [9.17, 15) is 19.5 Å². The molecule has 1 heterocycles. The molecule has 3 atom stereocenters. The van der Waals surface area contributed by atoms with Gasteiger partial charge in [0.2, 0.25) is 11.8 Å². The van der Waals surface area contributed by atoms with Gasteiger partial charge in [0.1, 0.15) is 6.04 Å². The number of likely N-dealkylation sites (tertiary alicyclic amines) is 1. The Morgan fingerprint density at radius 3 is 2.16 bits per heavy atom. The first-order chi connectivity index (χ1) is 15.0. The first kappa shape index (κ1) is 28.1. The van der Waals surface area contributed by atoms with Crippen LogP contribution in [-0.4, -0.2) is 70.4 Å². The number of rotatable bonds is 11.